The third-order valence-corrected chi connectivity index (χ3v) is 10.3. The summed E-state index contributed by atoms with van der Waals surface area (Å²) in [4.78, 5) is 57.7. The second-order valence-corrected chi connectivity index (χ2v) is 13.8. The van der Waals surface area contributed by atoms with E-state index in [0.717, 1.165) is 25.7 Å². The molecule has 3 fully saturated rings. The summed E-state index contributed by atoms with van der Waals surface area (Å²) in [5.74, 6) is -2.16. The molecule has 1 saturated heterocycles. The minimum atomic E-state index is -0.954. The van der Waals surface area contributed by atoms with Gasteiger partial charge >= 0.3 is 0 Å². The van der Waals surface area contributed by atoms with Gasteiger partial charge in [-0.3, -0.25) is 28.8 Å². The van der Waals surface area contributed by atoms with E-state index < -0.39 is 35.6 Å². The van der Waals surface area contributed by atoms with Crippen LogP contribution >= 0.6 is 0 Å². The van der Waals surface area contributed by atoms with E-state index in [0.29, 0.717) is 42.7 Å². The lowest BCUT2D eigenvalue weighted by molar-refractivity contribution is -0.141. The molecular formula is C35H50FN7O5. The number of hydrogen-bond donors (Lipinski definition) is 3. The molecule has 2 heterocycles. The lowest BCUT2D eigenvalue weighted by atomic mass is 9.88. The summed E-state index contributed by atoms with van der Waals surface area (Å²) >= 11 is 0. The van der Waals surface area contributed by atoms with Gasteiger partial charge in [-0.2, -0.15) is 5.10 Å². The van der Waals surface area contributed by atoms with Crippen LogP contribution in [-0.2, 0) is 25.7 Å². The Morgan fingerprint density at radius 1 is 1.00 bits per heavy atom. The number of piperazine rings is 1. The molecule has 3 aliphatic rings. The van der Waals surface area contributed by atoms with Crippen LogP contribution in [0.4, 0.5) is 10.1 Å². The maximum absolute atomic E-state index is 15.8. The van der Waals surface area contributed by atoms with Crippen molar-refractivity contribution in [3.8, 4) is 0 Å². The van der Waals surface area contributed by atoms with Gasteiger partial charge in [-0.1, -0.05) is 13.0 Å². The van der Waals surface area contributed by atoms with E-state index in [-0.39, 0.29) is 42.1 Å². The zero-order valence-electron chi connectivity index (χ0n) is 28.9. The Labute approximate surface area is 282 Å². The molecular weight excluding hydrogens is 617 g/mol. The summed E-state index contributed by atoms with van der Waals surface area (Å²) in [6, 6.07) is 4.53. The lowest BCUT2D eigenvalue weighted by Gasteiger charge is -2.44. The van der Waals surface area contributed by atoms with Crippen molar-refractivity contribution in [1.82, 2.24) is 30.2 Å². The number of amides is 4. The van der Waals surface area contributed by atoms with Crippen LogP contribution in [0.2, 0.25) is 0 Å². The SMILES string of the molecule is CCn1nccc1C(=O)N[C@H](C(=O)Nc1ccc([C@H](C)[C@@H](NC(=O)COC)C(=O)N2C[C@@H](C)N(C)[C@@H](C)C2)cc1F)C(C1CC1)C1CC1. The van der Waals surface area contributed by atoms with Crippen LogP contribution in [0.3, 0.4) is 0 Å². The van der Waals surface area contributed by atoms with Gasteiger partial charge in [0.05, 0.1) is 5.69 Å². The Morgan fingerprint density at radius 2 is 1.65 bits per heavy atom. The Bertz CT molecular complexity index is 1470. The first-order chi connectivity index (χ1) is 22.9. The molecule has 4 amide bonds. The molecule has 1 aliphatic heterocycles. The Balaban J connectivity index is 1.35. The largest absolute Gasteiger partial charge is 0.375 e. The first-order valence-electron chi connectivity index (χ1n) is 17.1. The van der Waals surface area contributed by atoms with Gasteiger partial charge in [0, 0.05) is 50.9 Å². The first kappa shape index (κ1) is 35.5. The number of methoxy groups -OCH3 is 1. The topological polar surface area (TPSA) is 138 Å². The van der Waals surface area contributed by atoms with Crippen LogP contribution in [0.15, 0.2) is 30.5 Å². The highest BCUT2D eigenvalue weighted by Crippen LogP contribution is 2.51. The van der Waals surface area contributed by atoms with E-state index in [2.05, 4.69) is 25.9 Å². The zero-order valence-corrected chi connectivity index (χ0v) is 28.9. The molecule has 0 radical (unpaired) electrons. The highest BCUT2D eigenvalue weighted by Gasteiger charge is 2.48. The fourth-order valence-corrected chi connectivity index (χ4v) is 7.07. The summed E-state index contributed by atoms with van der Waals surface area (Å²) < 4.78 is 22.4. The number of rotatable bonds is 14. The van der Waals surface area contributed by atoms with E-state index in [9.17, 15) is 19.2 Å². The normalized spacial score (nSPS) is 21.8. The molecule has 13 heteroatoms. The number of halogens is 1. The van der Waals surface area contributed by atoms with Gasteiger partial charge in [0.1, 0.15) is 30.2 Å². The van der Waals surface area contributed by atoms with Gasteiger partial charge in [-0.25, -0.2) is 4.39 Å². The maximum Gasteiger partial charge on any atom is 0.270 e. The number of aryl methyl sites for hydroxylation is 1. The predicted molar refractivity (Wildman–Crippen MR) is 179 cm³/mol. The van der Waals surface area contributed by atoms with Crippen molar-refractivity contribution >= 4 is 29.3 Å². The number of ether oxygens (including phenoxy) is 1. The number of nitrogens with zero attached hydrogens (tertiary/aromatic N) is 4. The van der Waals surface area contributed by atoms with Crippen LogP contribution < -0.4 is 16.0 Å². The number of anilines is 1. The minimum Gasteiger partial charge on any atom is -0.375 e. The summed E-state index contributed by atoms with van der Waals surface area (Å²) in [6.45, 7) is 9.06. The molecule has 3 N–H and O–H groups in total. The van der Waals surface area contributed by atoms with Crippen molar-refractivity contribution in [2.45, 2.75) is 90.0 Å². The van der Waals surface area contributed by atoms with Crippen molar-refractivity contribution in [1.29, 1.82) is 0 Å². The monoisotopic (exact) mass is 667 g/mol. The number of benzene rings is 1. The van der Waals surface area contributed by atoms with Crippen molar-refractivity contribution in [2.75, 3.05) is 39.2 Å². The molecule has 1 aromatic carbocycles. The van der Waals surface area contributed by atoms with Gasteiger partial charge in [0.15, 0.2) is 0 Å². The van der Waals surface area contributed by atoms with Crippen LogP contribution in [0, 0.1) is 23.6 Å². The number of nitrogens with one attached hydrogen (secondary N) is 3. The average Bonchev–Trinajstić information content (AvgIpc) is 4.01. The third kappa shape index (κ3) is 8.06. The maximum atomic E-state index is 15.8. The molecule has 2 aliphatic carbocycles. The van der Waals surface area contributed by atoms with Gasteiger partial charge in [0.2, 0.25) is 17.7 Å². The lowest BCUT2D eigenvalue weighted by Crippen LogP contribution is -2.60. The van der Waals surface area contributed by atoms with Crippen molar-refractivity contribution in [3.05, 3.63) is 47.5 Å². The number of hydrogen-bond acceptors (Lipinski definition) is 7. The molecule has 0 bridgehead atoms. The van der Waals surface area contributed by atoms with Gasteiger partial charge in [-0.15, -0.1) is 0 Å². The first-order valence-corrected chi connectivity index (χ1v) is 17.1. The second-order valence-electron chi connectivity index (χ2n) is 13.8. The smallest absolute Gasteiger partial charge is 0.270 e. The van der Waals surface area contributed by atoms with Crippen molar-refractivity contribution in [3.63, 3.8) is 0 Å². The van der Waals surface area contributed by atoms with E-state index in [1.165, 1.54) is 19.2 Å². The Morgan fingerprint density at radius 3 is 2.21 bits per heavy atom. The van der Waals surface area contributed by atoms with Crippen LogP contribution in [0.1, 0.15) is 75.3 Å². The molecule has 2 aromatic rings. The van der Waals surface area contributed by atoms with Crippen LogP contribution in [0.25, 0.3) is 0 Å². The van der Waals surface area contributed by atoms with Crippen molar-refractivity contribution < 1.29 is 28.3 Å². The molecule has 48 heavy (non-hydrogen) atoms. The third-order valence-electron chi connectivity index (χ3n) is 10.3. The van der Waals surface area contributed by atoms with E-state index in [1.807, 2.05) is 27.8 Å². The van der Waals surface area contributed by atoms with Gasteiger partial charge in [-0.05, 0) is 95.0 Å². The standard InChI is InChI=1S/C35H50FN7O5/c1-7-43-28(14-15-37-43)33(45)40-32(30(23-8-9-23)24-10-11-24)34(46)38-27-13-12-25(16-26(27)36)22(4)31(39-29(44)19-48-6)35(47)42-17-20(2)41(5)21(3)18-42/h12-16,20-24,30-32H,7-11,17-19H2,1-6H3,(H,38,46)(H,39,44)(H,40,45)/t20-,21+,22-,31+,32-/m0/s1. The second kappa shape index (κ2) is 15.1. The molecule has 1 aromatic heterocycles. The number of likely N-dealkylation sites (N-methyl/N-ethyl adjacent to an activating group) is 1. The van der Waals surface area contributed by atoms with E-state index in [1.54, 1.807) is 34.8 Å². The quantitative estimate of drug-likeness (QED) is 0.282. The summed E-state index contributed by atoms with van der Waals surface area (Å²) in [5, 5.41) is 12.7. The van der Waals surface area contributed by atoms with Crippen molar-refractivity contribution in [2.24, 2.45) is 17.8 Å². The number of carbonyl (C=O) groups is 4. The highest BCUT2D eigenvalue weighted by molar-refractivity contribution is 6.01. The van der Waals surface area contributed by atoms with Gasteiger partial charge < -0.3 is 25.6 Å². The zero-order chi connectivity index (χ0) is 34.7. The number of carbonyl (C=O) groups excluding carboxylic acids is 4. The molecule has 12 nitrogen and oxygen atoms in total. The van der Waals surface area contributed by atoms with E-state index in [4.69, 9.17) is 4.74 Å². The summed E-state index contributed by atoms with van der Waals surface area (Å²) in [7, 11) is 3.43. The summed E-state index contributed by atoms with van der Waals surface area (Å²) in [5.41, 5.74) is 0.836. The number of aromatic nitrogens is 2. The Kier molecular flexibility index (Phi) is 11.2. The highest BCUT2D eigenvalue weighted by atomic mass is 19.1. The molecule has 0 unspecified atom stereocenters. The fourth-order valence-electron chi connectivity index (χ4n) is 7.07. The summed E-state index contributed by atoms with van der Waals surface area (Å²) in [6.07, 6.45) is 5.56. The van der Waals surface area contributed by atoms with E-state index >= 15 is 4.39 Å². The molecule has 2 saturated carbocycles. The van der Waals surface area contributed by atoms with Gasteiger partial charge in [0.25, 0.3) is 5.91 Å². The molecule has 0 spiro atoms. The predicted octanol–water partition coefficient (Wildman–Crippen LogP) is 3.00. The molecule has 5 rings (SSSR count). The van der Waals surface area contributed by atoms with Crippen LogP contribution in [-0.4, -0.2) is 101 Å². The Hall–Kier alpha value is -3.84. The molecule has 5 atom stereocenters. The molecule has 262 valence electrons. The fraction of sp³-hybridized carbons (Fsp3) is 0.629. The average molecular weight is 668 g/mol. The van der Waals surface area contributed by atoms with Crippen LogP contribution in [0.5, 0.6) is 0 Å². The minimum absolute atomic E-state index is 0.0212.